The second-order valence-electron chi connectivity index (χ2n) is 4.14. The average Bonchev–Trinajstić information content (AvgIpc) is 2.25. The lowest BCUT2D eigenvalue weighted by Crippen LogP contribution is -2.44. The third-order valence-electron chi connectivity index (χ3n) is 2.32. The van der Waals surface area contributed by atoms with Gasteiger partial charge in [-0.25, -0.2) is 8.42 Å². The Labute approximate surface area is 114 Å². The summed E-state index contributed by atoms with van der Waals surface area (Å²) < 4.78 is 26.8. The number of carbonyl (C=O) groups is 1. The molecule has 0 bridgehead atoms. The van der Waals surface area contributed by atoms with Gasteiger partial charge < -0.3 is 5.11 Å². The summed E-state index contributed by atoms with van der Waals surface area (Å²) in [6.45, 7) is 3.28. The van der Waals surface area contributed by atoms with E-state index in [0.29, 0.717) is 4.47 Å². The minimum Gasteiger partial charge on any atom is -0.480 e. The van der Waals surface area contributed by atoms with Gasteiger partial charge in [-0.05, 0) is 24.1 Å². The molecule has 0 aliphatic carbocycles. The summed E-state index contributed by atoms with van der Waals surface area (Å²) in [4.78, 5) is 11.0. The third kappa shape index (κ3) is 3.79. The van der Waals surface area contributed by atoms with Crippen LogP contribution in [0.25, 0.3) is 0 Å². The van der Waals surface area contributed by atoms with Crippen molar-refractivity contribution in [2.24, 2.45) is 5.92 Å². The molecule has 0 saturated carbocycles. The highest BCUT2D eigenvalue weighted by atomic mass is 79.9. The van der Waals surface area contributed by atoms with Crippen LogP contribution in [0.3, 0.4) is 0 Å². The summed E-state index contributed by atoms with van der Waals surface area (Å²) >= 11 is 3.17. The normalized spacial score (nSPS) is 13.6. The number of aliphatic carboxylic acids is 1. The van der Waals surface area contributed by atoms with Gasteiger partial charge in [0.2, 0.25) is 10.0 Å². The number of sulfonamides is 1. The smallest absolute Gasteiger partial charge is 0.322 e. The molecular formula is C11H14BrNO4S. The van der Waals surface area contributed by atoms with Gasteiger partial charge in [0.15, 0.2) is 0 Å². The van der Waals surface area contributed by atoms with Crippen molar-refractivity contribution in [3.05, 3.63) is 28.7 Å². The zero-order valence-electron chi connectivity index (χ0n) is 9.92. The Morgan fingerprint density at radius 3 is 2.44 bits per heavy atom. The summed E-state index contributed by atoms with van der Waals surface area (Å²) in [5, 5.41) is 8.97. The molecule has 0 aromatic heterocycles. The van der Waals surface area contributed by atoms with Crippen molar-refractivity contribution in [1.82, 2.24) is 4.72 Å². The van der Waals surface area contributed by atoms with Gasteiger partial charge >= 0.3 is 5.97 Å². The maximum absolute atomic E-state index is 12.0. The van der Waals surface area contributed by atoms with Gasteiger partial charge in [-0.15, -0.1) is 0 Å². The van der Waals surface area contributed by atoms with E-state index in [1.54, 1.807) is 26.0 Å². The molecule has 5 nitrogen and oxygen atoms in total. The molecule has 2 N–H and O–H groups in total. The third-order valence-corrected chi connectivity index (χ3v) is 4.25. The number of halogens is 1. The number of benzene rings is 1. The topological polar surface area (TPSA) is 83.5 Å². The summed E-state index contributed by atoms with van der Waals surface area (Å²) in [6.07, 6.45) is 0. The molecular weight excluding hydrogens is 322 g/mol. The van der Waals surface area contributed by atoms with Crippen LogP contribution in [0.4, 0.5) is 0 Å². The minimum atomic E-state index is -3.83. The quantitative estimate of drug-likeness (QED) is 0.859. The molecule has 0 fully saturated rings. The molecule has 1 unspecified atom stereocenters. The van der Waals surface area contributed by atoms with Gasteiger partial charge in [-0.1, -0.05) is 35.8 Å². The van der Waals surface area contributed by atoms with Crippen LogP contribution in [-0.2, 0) is 14.8 Å². The molecule has 0 saturated heterocycles. The minimum absolute atomic E-state index is 0.0313. The maximum atomic E-state index is 12.0. The highest BCUT2D eigenvalue weighted by Gasteiger charge is 2.27. The van der Waals surface area contributed by atoms with Crippen LogP contribution in [0, 0.1) is 5.92 Å². The van der Waals surface area contributed by atoms with E-state index in [2.05, 4.69) is 20.7 Å². The lowest BCUT2D eigenvalue weighted by Gasteiger charge is -2.18. The number of hydrogen-bond acceptors (Lipinski definition) is 3. The molecule has 0 aliphatic heterocycles. The molecule has 100 valence electrons. The van der Waals surface area contributed by atoms with Crippen LogP contribution in [0.2, 0.25) is 0 Å². The van der Waals surface area contributed by atoms with Crippen LogP contribution in [-0.4, -0.2) is 25.5 Å². The Hall–Kier alpha value is -0.920. The fourth-order valence-electron chi connectivity index (χ4n) is 1.34. The van der Waals surface area contributed by atoms with Crippen molar-refractivity contribution in [3.63, 3.8) is 0 Å². The molecule has 1 aromatic rings. The number of carboxylic acid groups (broad SMARTS) is 1. The molecule has 0 amide bonds. The number of hydrogen-bond donors (Lipinski definition) is 2. The molecule has 1 rings (SSSR count). The zero-order chi connectivity index (χ0) is 13.9. The first kappa shape index (κ1) is 15.1. The van der Waals surface area contributed by atoms with Gasteiger partial charge in [0, 0.05) is 4.47 Å². The van der Waals surface area contributed by atoms with Crippen molar-refractivity contribution < 1.29 is 18.3 Å². The van der Waals surface area contributed by atoms with Crippen LogP contribution < -0.4 is 4.72 Å². The van der Waals surface area contributed by atoms with E-state index in [-0.39, 0.29) is 10.8 Å². The largest absolute Gasteiger partial charge is 0.480 e. The van der Waals surface area contributed by atoms with Gasteiger partial charge in [0.1, 0.15) is 6.04 Å². The molecule has 0 heterocycles. The molecule has 1 aromatic carbocycles. The maximum Gasteiger partial charge on any atom is 0.322 e. The lowest BCUT2D eigenvalue weighted by molar-refractivity contribution is -0.140. The van der Waals surface area contributed by atoms with Gasteiger partial charge in [0.25, 0.3) is 0 Å². The van der Waals surface area contributed by atoms with Crippen molar-refractivity contribution in [2.45, 2.75) is 24.8 Å². The first-order valence-electron chi connectivity index (χ1n) is 5.25. The average molecular weight is 336 g/mol. The molecule has 7 heteroatoms. The predicted octanol–water partition coefficient (Wildman–Crippen LogP) is 1.84. The first-order chi connectivity index (χ1) is 8.24. The lowest BCUT2D eigenvalue weighted by atomic mass is 10.1. The van der Waals surface area contributed by atoms with E-state index in [1.165, 1.54) is 12.1 Å². The summed E-state index contributed by atoms with van der Waals surface area (Å²) in [7, 11) is -3.83. The van der Waals surface area contributed by atoms with E-state index in [0.717, 1.165) is 0 Å². The van der Waals surface area contributed by atoms with E-state index in [4.69, 9.17) is 5.11 Å². The highest BCUT2D eigenvalue weighted by molar-refractivity contribution is 9.10. The van der Waals surface area contributed by atoms with Crippen LogP contribution in [0.5, 0.6) is 0 Å². The number of nitrogens with one attached hydrogen (secondary N) is 1. The summed E-state index contributed by atoms with van der Waals surface area (Å²) in [5.41, 5.74) is 0. The van der Waals surface area contributed by atoms with Crippen molar-refractivity contribution in [3.8, 4) is 0 Å². The standard InChI is InChI=1S/C11H14BrNO4S/c1-7(2)10(11(14)15)13-18(16,17)9-5-3-4-8(12)6-9/h3-7,10,13H,1-2H3,(H,14,15). The Morgan fingerprint density at radius 1 is 1.39 bits per heavy atom. The SMILES string of the molecule is CC(C)C(NS(=O)(=O)c1cccc(Br)c1)C(=O)O. The van der Waals surface area contributed by atoms with Crippen molar-refractivity contribution in [1.29, 1.82) is 0 Å². The second-order valence-corrected chi connectivity index (χ2v) is 6.77. The zero-order valence-corrected chi connectivity index (χ0v) is 12.3. The number of rotatable bonds is 5. The molecule has 0 spiro atoms. The van der Waals surface area contributed by atoms with E-state index in [9.17, 15) is 13.2 Å². The summed E-state index contributed by atoms with van der Waals surface area (Å²) in [6, 6.07) is 4.95. The Balaban J connectivity index is 3.05. The fraction of sp³-hybridized carbons (Fsp3) is 0.364. The predicted molar refractivity (Wildman–Crippen MR) is 70.7 cm³/mol. The molecule has 18 heavy (non-hydrogen) atoms. The summed E-state index contributed by atoms with van der Waals surface area (Å²) in [5.74, 6) is -1.53. The van der Waals surface area contributed by atoms with Crippen molar-refractivity contribution in [2.75, 3.05) is 0 Å². The second kappa shape index (κ2) is 5.81. The Kier molecular flexibility index (Phi) is 4.89. The highest BCUT2D eigenvalue weighted by Crippen LogP contribution is 2.17. The Bertz CT molecular complexity index is 542. The van der Waals surface area contributed by atoms with E-state index >= 15 is 0 Å². The van der Waals surface area contributed by atoms with Crippen LogP contribution in [0.1, 0.15) is 13.8 Å². The van der Waals surface area contributed by atoms with Gasteiger partial charge in [-0.2, -0.15) is 4.72 Å². The number of carboxylic acids is 1. The van der Waals surface area contributed by atoms with Gasteiger partial charge in [-0.3, -0.25) is 4.79 Å². The van der Waals surface area contributed by atoms with Crippen LogP contribution >= 0.6 is 15.9 Å². The monoisotopic (exact) mass is 335 g/mol. The van der Waals surface area contributed by atoms with Crippen LogP contribution in [0.15, 0.2) is 33.6 Å². The fourth-order valence-corrected chi connectivity index (χ4v) is 3.27. The van der Waals surface area contributed by atoms with Gasteiger partial charge in [0.05, 0.1) is 4.90 Å². The van der Waals surface area contributed by atoms with E-state index in [1.807, 2.05) is 0 Å². The first-order valence-corrected chi connectivity index (χ1v) is 7.52. The van der Waals surface area contributed by atoms with E-state index < -0.39 is 22.0 Å². The Morgan fingerprint density at radius 2 is 2.00 bits per heavy atom. The molecule has 0 radical (unpaired) electrons. The van der Waals surface area contributed by atoms with Crippen molar-refractivity contribution >= 4 is 31.9 Å². The molecule has 0 aliphatic rings. The molecule has 1 atom stereocenters.